The van der Waals surface area contributed by atoms with E-state index < -0.39 is 5.97 Å². The summed E-state index contributed by atoms with van der Waals surface area (Å²) < 4.78 is 21.0. The van der Waals surface area contributed by atoms with E-state index in [4.69, 9.17) is 18.9 Å². The Morgan fingerprint density at radius 1 is 1.03 bits per heavy atom. The maximum absolute atomic E-state index is 12.4. The van der Waals surface area contributed by atoms with Crippen molar-refractivity contribution in [2.24, 2.45) is 0 Å². The van der Waals surface area contributed by atoms with Gasteiger partial charge in [0.15, 0.2) is 11.5 Å². The van der Waals surface area contributed by atoms with Crippen molar-refractivity contribution in [1.29, 1.82) is 0 Å². The van der Waals surface area contributed by atoms with Crippen molar-refractivity contribution in [2.45, 2.75) is 20.3 Å². The summed E-state index contributed by atoms with van der Waals surface area (Å²) in [7, 11) is 4.57. The van der Waals surface area contributed by atoms with Crippen LogP contribution in [0, 0.1) is 0 Å². The molecule has 156 valence electrons. The third-order valence-corrected chi connectivity index (χ3v) is 5.17. The van der Waals surface area contributed by atoms with Gasteiger partial charge in [0.2, 0.25) is 11.7 Å². The smallest absolute Gasteiger partial charge is 0.341 e. The number of anilines is 1. The van der Waals surface area contributed by atoms with E-state index in [0.717, 1.165) is 11.3 Å². The summed E-state index contributed by atoms with van der Waals surface area (Å²) in [6, 6.07) is 5.21. The molecule has 1 heterocycles. The normalized spacial score (nSPS) is 10.7. The molecule has 2 aromatic rings. The summed E-state index contributed by atoms with van der Waals surface area (Å²) in [5, 5.41) is 3.23. The van der Waals surface area contributed by atoms with Crippen molar-refractivity contribution in [3.63, 3.8) is 0 Å². The predicted octanol–water partition coefficient (Wildman–Crippen LogP) is 4.16. The minimum absolute atomic E-state index is 0.268. The van der Waals surface area contributed by atoms with Gasteiger partial charge >= 0.3 is 5.97 Å². The highest BCUT2D eigenvalue weighted by Gasteiger charge is 2.18. The highest BCUT2D eigenvalue weighted by atomic mass is 32.1. The molecule has 1 amide bonds. The molecular weight excluding hydrogens is 394 g/mol. The van der Waals surface area contributed by atoms with Gasteiger partial charge in [-0.15, -0.1) is 11.3 Å². The van der Waals surface area contributed by atoms with Crippen LogP contribution in [-0.2, 0) is 16.0 Å². The van der Waals surface area contributed by atoms with Gasteiger partial charge in [-0.3, -0.25) is 4.79 Å². The number of ether oxygens (including phenoxy) is 4. The van der Waals surface area contributed by atoms with Crippen molar-refractivity contribution in [2.75, 3.05) is 33.3 Å². The van der Waals surface area contributed by atoms with Gasteiger partial charge in [0.05, 0.1) is 33.5 Å². The predicted molar refractivity (Wildman–Crippen MR) is 113 cm³/mol. The molecule has 1 N–H and O–H groups in total. The molecule has 0 atom stereocenters. The Kier molecular flexibility index (Phi) is 8.09. The first-order chi connectivity index (χ1) is 14.0. The average molecular weight is 419 g/mol. The van der Waals surface area contributed by atoms with Gasteiger partial charge in [-0.1, -0.05) is 6.92 Å². The molecule has 0 fully saturated rings. The molecule has 0 bridgehead atoms. The number of carbonyl (C=O) groups excluding carboxylic acids is 2. The monoisotopic (exact) mass is 419 g/mol. The lowest BCUT2D eigenvalue weighted by Gasteiger charge is -2.12. The van der Waals surface area contributed by atoms with Crippen LogP contribution in [0.3, 0.4) is 0 Å². The van der Waals surface area contributed by atoms with Crippen molar-refractivity contribution < 1.29 is 28.5 Å². The second-order valence-electron chi connectivity index (χ2n) is 5.81. The van der Waals surface area contributed by atoms with E-state index in [1.165, 1.54) is 38.7 Å². The highest BCUT2D eigenvalue weighted by Crippen LogP contribution is 2.38. The molecule has 0 aliphatic rings. The van der Waals surface area contributed by atoms with E-state index in [1.54, 1.807) is 31.2 Å². The molecule has 1 aromatic heterocycles. The van der Waals surface area contributed by atoms with Crippen LogP contribution in [-0.4, -0.2) is 39.8 Å². The first-order valence-electron chi connectivity index (χ1n) is 9.06. The molecule has 0 aliphatic heterocycles. The van der Waals surface area contributed by atoms with Crippen LogP contribution in [0.4, 0.5) is 5.00 Å². The third-order valence-electron chi connectivity index (χ3n) is 3.98. The number of benzene rings is 1. The van der Waals surface area contributed by atoms with Crippen molar-refractivity contribution in [3.8, 4) is 17.2 Å². The van der Waals surface area contributed by atoms with E-state index in [2.05, 4.69) is 5.32 Å². The molecule has 0 radical (unpaired) electrons. The molecule has 8 heteroatoms. The number of hydrogen-bond donors (Lipinski definition) is 1. The Balaban J connectivity index is 2.22. The minimum atomic E-state index is -0.452. The van der Waals surface area contributed by atoms with Crippen LogP contribution in [0.5, 0.6) is 17.2 Å². The first kappa shape index (κ1) is 22.3. The molecule has 0 saturated heterocycles. The number of hydrogen-bond acceptors (Lipinski definition) is 7. The van der Waals surface area contributed by atoms with Crippen LogP contribution >= 0.6 is 11.3 Å². The Labute approximate surface area is 174 Å². The lowest BCUT2D eigenvalue weighted by molar-refractivity contribution is -0.111. The number of esters is 1. The van der Waals surface area contributed by atoms with Crippen LogP contribution in [0.2, 0.25) is 0 Å². The Morgan fingerprint density at radius 3 is 2.21 bits per heavy atom. The molecule has 0 aliphatic carbocycles. The van der Waals surface area contributed by atoms with E-state index in [1.807, 2.05) is 6.92 Å². The molecule has 0 spiro atoms. The van der Waals surface area contributed by atoms with Crippen molar-refractivity contribution in [1.82, 2.24) is 0 Å². The van der Waals surface area contributed by atoms with Gasteiger partial charge < -0.3 is 24.3 Å². The first-order valence-corrected chi connectivity index (χ1v) is 9.87. The summed E-state index contributed by atoms with van der Waals surface area (Å²) >= 11 is 1.36. The van der Waals surface area contributed by atoms with Crippen LogP contribution < -0.4 is 19.5 Å². The molecule has 0 saturated carbocycles. The van der Waals surface area contributed by atoms with E-state index in [0.29, 0.717) is 33.4 Å². The largest absolute Gasteiger partial charge is 0.493 e. The summed E-state index contributed by atoms with van der Waals surface area (Å²) in [6.45, 7) is 3.99. The third kappa shape index (κ3) is 5.51. The van der Waals surface area contributed by atoms with Gasteiger partial charge in [-0.2, -0.15) is 0 Å². The number of rotatable bonds is 9. The Bertz CT molecular complexity index is 878. The van der Waals surface area contributed by atoms with Crippen LogP contribution in [0.1, 0.15) is 34.6 Å². The van der Waals surface area contributed by atoms with Gasteiger partial charge in [0.25, 0.3) is 0 Å². The lowest BCUT2D eigenvalue weighted by Crippen LogP contribution is -2.11. The van der Waals surface area contributed by atoms with Gasteiger partial charge in [-0.25, -0.2) is 4.79 Å². The van der Waals surface area contributed by atoms with Gasteiger partial charge in [-0.05, 0) is 43.2 Å². The standard InChI is InChI=1S/C21H25NO6S/c1-6-14-12-15(21(24)28-7-2)20(29-14)22-18(23)9-8-13-10-16(25-3)19(27-5)17(11-13)26-4/h8-12H,6-7H2,1-5H3,(H,22,23)/b9-8+. The van der Waals surface area contributed by atoms with Crippen LogP contribution in [0.25, 0.3) is 6.08 Å². The SMILES string of the molecule is CCOC(=O)c1cc(CC)sc1NC(=O)/C=C/c1cc(OC)c(OC)c(OC)c1. The molecule has 29 heavy (non-hydrogen) atoms. The Morgan fingerprint density at radius 2 is 1.69 bits per heavy atom. The average Bonchev–Trinajstić information content (AvgIpc) is 3.14. The maximum atomic E-state index is 12.4. The summed E-state index contributed by atoms with van der Waals surface area (Å²) in [5.74, 6) is 0.632. The zero-order valence-electron chi connectivity index (χ0n) is 17.2. The number of methoxy groups -OCH3 is 3. The number of amides is 1. The zero-order chi connectivity index (χ0) is 21.4. The van der Waals surface area contributed by atoms with E-state index in [9.17, 15) is 9.59 Å². The van der Waals surface area contributed by atoms with Crippen molar-refractivity contribution >= 4 is 34.3 Å². The fourth-order valence-corrected chi connectivity index (χ4v) is 3.58. The maximum Gasteiger partial charge on any atom is 0.341 e. The summed E-state index contributed by atoms with van der Waals surface area (Å²) in [5.41, 5.74) is 1.06. The number of aryl methyl sites for hydroxylation is 1. The molecule has 7 nitrogen and oxygen atoms in total. The second kappa shape index (κ2) is 10.5. The second-order valence-corrected chi connectivity index (χ2v) is 6.95. The molecule has 2 rings (SSSR count). The van der Waals surface area contributed by atoms with E-state index in [-0.39, 0.29) is 12.5 Å². The van der Waals surface area contributed by atoms with Gasteiger partial charge in [0, 0.05) is 11.0 Å². The fraction of sp³-hybridized carbons (Fsp3) is 0.333. The number of thiophene rings is 1. The minimum Gasteiger partial charge on any atom is -0.493 e. The molecular formula is C21H25NO6S. The summed E-state index contributed by atoms with van der Waals surface area (Å²) in [4.78, 5) is 25.5. The lowest BCUT2D eigenvalue weighted by atomic mass is 10.1. The fourth-order valence-electron chi connectivity index (χ4n) is 2.59. The molecule has 1 aromatic carbocycles. The molecule has 0 unspecified atom stereocenters. The van der Waals surface area contributed by atoms with Crippen molar-refractivity contribution in [3.05, 3.63) is 40.3 Å². The highest BCUT2D eigenvalue weighted by molar-refractivity contribution is 7.16. The topological polar surface area (TPSA) is 83.1 Å². The van der Waals surface area contributed by atoms with Crippen LogP contribution in [0.15, 0.2) is 24.3 Å². The van der Waals surface area contributed by atoms with E-state index >= 15 is 0 Å². The quantitative estimate of drug-likeness (QED) is 0.485. The van der Waals surface area contributed by atoms with Gasteiger partial charge in [0.1, 0.15) is 5.00 Å². The summed E-state index contributed by atoms with van der Waals surface area (Å²) in [6.07, 6.45) is 3.76. The number of nitrogens with one attached hydrogen (secondary N) is 1. The zero-order valence-corrected chi connectivity index (χ0v) is 18.0. The Hall–Kier alpha value is -3.00. The number of carbonyl (C=O) groups is 2.